The molecule has 0 aliphatic carbocycles. The molecule has 0 bridgehead atoms. The van der Waals surface area contributed by atoms with Gasteiger partial charge in [0.1, 0.15) is 5.82 Å². The average molecular weight is 318 g/mol. The van der Waals surface area contributed by atoms with Gasteiger partial charge in [-0.05, 0) is 23.8 Å². The highest BCUT2D eigenvalue weighted by Crippen LogP contribution is 2.20. The SMILES string of the molecule is O=C(Cc1cc(F)ccc1Br)C1CSCCN1. The highest BCUT2D eigenvalue weighted by Gasteiger charge is 2.21. The summed E-state index contributed by atoms with van der Waals surface area (Å²) in [5, 5.41) is 3.19. The van der Waals surface area contributed by atoms with Gasteiger partial charge in [-0.1, -0.05) is 15.9 Å². The Kier molecular flexibility index (Phi) is 4.59. The number of hydrogen-bond donors (Lipinski definition) is 1. The molecule has 2 rings (SSSR count). The Hall–Kier alpha value is -0.390. The van der Waals surface area contributed by atoms with Crippen LogP contribution in [0.3, 0.4) is 0 Å². The molecule has 1 aliphatic heterocycles. The van der Waals surface area contributed by atoms with Crippen LogP contribution in [0.15, 0.2) is 22.7 Å². The minimum atomic E-state index is -0.304. The van der Waals surface area contributed by atoms with Crippen LogP contribution in [-0.4, -0.2) is 29.9 Å². The van der Waals surface area contributed by atoms with E-state index in [2.05, 4.69) is 21.2 Å². The maximum Gasteiger partial charge on any atom is 0.154 e. The molecule has 0 spiro atoms. The van der Waals surface area contributed by atoms with Crippen LogP contribution in [-0.2, 0) is 11.2 Å². The van der Waals surface area contributed by atoms with E-state index < -0.39 is 0 Å². The summed E-state index contributed by atoms with van der Waals surface area (Å²) in [6.07, 6.45) is 0.274. The third-order valence-electron chi connectivity index (χ3n) is 2.68. The van der Waals surface area contributed by atoms with Crippen LogP contribution < -0.4 is 5.32 Å². The molecular weight excluding hydrogens is 305 g/mol. The van der Waals surface area contributed by atoms with Gasteiger partial charge in [-0.3, -0.25) is 4.79 Å². The zero-order valence-electron chi connectivity index (χ0n) is 9.21. The first-order valence-electron chi connectivity index (χ1n) is 5.44. The molecule has 1 fully saturated rings. The van der Waals surface area contributed by atoms with Crippen LogP contribution >= 0.6 is 27.7 Å². The monoisotopic (exact) mass is 317 g/mol. The maximum absolute atomic E-state index is 13.1. The molecule has 2 nitrogen and oxygen atoms in total. The van der Waals surface area contributed by atoms with Gasteiger partial charge in [-0.25, -0.2) is 4.39 Å². The van der Waals surface area contributed by atoms with Gasteiger partial charge in [-0.15, -0.1) is 0 Å². The van der Waals surface area contributed by atoms with E-state index in [1.165, 1.54) is 12.1 Å². The maximum atomic E-state index is 13.1. The molecule has 0 aromatic heterocycles. The van der Waals surface area contributed by atoms with Crippen molar-refractivity contribution in [2.75, 3.05) is 18.1 Å². The van der Waals surface area contributed by atoms with Crippen molar-refractivity contribution in [2.24, 2.45) is 0 Å². The van der Waals surface area contributed by atoms with E-state index in [4.69, 9.17) is 0 Å². The molecule has 0 radical (unpaired) electrons. The van der Waals surface area contributed by atoms with Gasteiger partial charge in [0.25, 0.3) is 0 Å². The second-order valence-electron chi connectivity index (χ2n) is 3.96. The molecule has 1 saturated heterocycles. The zero-order valence-corrected chi connectivity index (χ0v) is 11.6. The second-order valence-corrected chi connectivity index (χ2v) is 5.96. The summed E-state index contributed by atoms with van der Waals surface area (Å²) in [6, 6.07) is 4.34. The van der Waals surface area contributed by atoms with Crippen molar-refractivity contribution in [1.82, 2.24) is 5.32 Å². The van der Waals surface area contributed by atoms with E-state index >= 15 is 0 Å². The van der Waals surface area contributed by atoms with E-state index in [9.17, 15) is 9.18 Å². The lowest BCUT2D eigenvalue weighted by molar-refractivity contribution is -0.119. The number of carbonyl (C=O) groups excluding carboxylic acids is 1. The lowest BCUT2D eigenvalue weighted by Gasteiger charge is -2.22. The van der Waals surface area contributed by atoms with Crippen molar-refractivity contribution in [2.45, 2.75) is 12.5 Å². The first kappa shape index (κ1) is 13.1. The van der Waals surface area contributed by atoms with E-state index in [1.54, 1.807) is 17.8 Å². The number of rotatable bonds is 3. The number of hydrogen-bond acceptors (Lipinski definition) is 3. The molecule has 0 amide bonds. The third-order valence-corrected chi connectivity index (χ3v) is 4.52. The normalized spacial score (nSPS) is 20.2. The van der Waals surface area contributed by atoms with E-state index in [0.29, 0.717) is 5.56 Å². The third kappa shape index (κ3) is 3.53. The second kappa shape index (κ2) is 5.98. The summed E-state index contributed by atoms with van der Waals surface area (Å²) in [5.74, 6) is 1.68. The number of benzene rings is 1. The van der Waals surface area contributed by atoms with E-state index in [1.807, 2.05) is 0 Å². The topological polar surface area (TPSA) is 29.1 Å². The van der Waals surface area contributed by atoms with Crippen LogP contribution in [0.1, 0.15) is 5.56 Å². The first-order chi connectivity index (χ1) is 8.16. The summed E-state index contributed by atoms with van der Waals surface area (Å²) in [6.45, 7) is 0.866. The Bertz CT molecular complexity index is 421. The van der Waals surface area contributed by atoms with Crippen molar-refractivity contribution >= 4 is 33.5 Å². The summed E-state index contributed by atoms with van der Waals surface area (Å²) in [7, 11) is 0. The summed E-state index contributed by atoms with van der Waals surface area (Å²) >= 11 is 5.12. The van der Waals surface area contributed by atoms with Gasteiger partial charge in [-0.2, -0.15) is 11.8 Å². The number of nitrogens with one attached hydrogen (secondary N) is 1. The molecule has 1 N–H and O–H groups in total. The Morgan fingerprint density at radius 3 is 3.12 bits per heavy atom. The zero-order chi connectivity index (χ0) is 12.3. The number of carbonyl (C=O) groups is 1. The Labute approximate surface area is 112 Å². The molecule has 1 heterocycles. The van der Waals surface area contributed by atoms with Gasteiger partial charge in [0, 0.05) is 28.9 Å². The molecular formula is C12H13BrFNOS. The Morgan fingerprint density at radius 2 is 2.41 bits per heavy atom. The molecule has 5 heteroatoms. The molecule has 92 valence electrons. The standard InChI is InChI=1S/C12H13BrFNOS/c13-10-2-1-9(14)5-8(10)6-12(16)11-7-17-4-3-15-11/h1-2,5,11,15H,3-4,6-7H2. The Morgan fingerprint density at radius 1 is 1.59 bits per heavy atom. The van der Waals surface area contributed by atoms with Crippen molar-refractivity contribution in [3.05, 3.63) is 34.1 Å². The van der Waals surface area contributed by atoms with Crippen molar-refractivity contribution in [1.29, 1.82) is 0 Å². The van der Waals surface area contributed by atoms with Crippen molar-refractivity contribution in [3.63, 3.8) is 0 Å². The molecule has 1 atom stereocenters. The van der Waals surface area contributed by atoms with E-state index in [-0.39, 0.29) is 24.1 Å². The van der Waals surface area contributed by atoms with Gasteiger partial charge >= 0.3 is 0 Å². The molecule has 0 saturated carbocycles. The number of halogens is 2. The van der Waals surface area contributed by atoms with Gasteiger partial charge in [0.2, 0.25) is 0 Å². The van der Waals surface area contributed by atoms with Crippen LogP contribution in [0.2, 0.25) is 0 Å². The van der Waals surface area contributed by atoms with E-state index in [0.717, 1.165) is 22.5 Å². The molecule has 1 aliphatic rings. The quantitative estimate of drug-likeness (QED) is 0.928. The fourth-order valence-corrected chi connectivity index (χ4v) is 3.12. The van der Waals surface area contributed by atoms with Crippen LogP contribution in [0.5, 0.6) is 0 Å². The van der Waals surface area contributed by atoms with Crippen molar-refractivity contribution in [3.8, 4) is 0 Å². The summed E-state index contributed by atoms with van der Waals surface area (Å²) in [4.78, 5) is 12.0. The lowest BCUT2D eigenvalue weighted by atomic mass is 10.0. The van der Waals surface area contributed by atoms with Crippen molar-refractivity contribution < 1.29 is 9.18 Å². The minimum absolute atomic E-state index is 0.0936. The minimum Gasteiger partial charge on any atom is -0.306 e. The predicted octanol–water partition coefficient (Wildman–Crippen LogP) is 2.40. The lowest BCUT2D eigenvalue weighted by Crippen LogP contribution is -2.44. The predicted molar refractivity (Wildman–Crippen MR) is 71.9 cm³/mol. The highest BCUT2D eigenvalue weighted by molar-refractivity contribution is 9.10. The summed E-state index contributed by atoms with van der Waals surface area (Å²) in [5.41, 5.74) is 0.715. The Balaban J connectivity index is 2.04. The molecule has 17 heavy (non-hydrogen) atoms. The number of Topliss-reactive ketones (excluding diaryl/α,β-unsaturated/α-hetero) is 1. The van der Waals surface area contributed by atoms with Gasteiger partial charge < -0.3 is 5.32 Å². The van der Waals surface area contributed by atoms with Crippen LogP contribution in [0, 0.1) is 5.82 Å². The van der Waals surface area contributed by atoms with Gasteiger partial charge in [0.15, 0.2) is 5.78 Å². The summed E-state index contributed by atoms with van der Waals surface area (Å²) < 4.78 is 13.9. The molecule has 1 unspecified atom stereocenters. The molecule has 1 aromatic rings. The number of thioether (sulfide) groups is 1. The first-order valence-corrected chi connectivity index (χ1v) is 7.39. The smallest absolute Gasteiger partial charge is 0.154 e. The van der Waals surface area contributed by atoms with Gasteiger partial charge in [0.05, 0.1) is 6.04 Å². The highest BCUT2D eigenvalue weighted by atomic mass is 79.9. The fraction of sp³-hybridized carbons (Fsp3) is 0.417. The fourth-order valence-electron chi connectivity index (χ4n) is 1.76. The average Bonchev–Trinajstić information content (AvgIpc) is 2.35. The largest absolute Gasteiger partial charge is 0.306 e. The van der Waals surface area contributed by atoms with Crippen LogP contribution in [0.4, 0.5) is 4.39 Å². The van der Waals surface area contributed by atoms with Crippen LogP contribution in [0.25, 0.3) is 0 Å². The molecule has 1 aromatic carbocycles. The number of ketones is 1.